The fourth-order valence-corrected chi connectivity index (χ4v) is 6.28. The predicted octanol–water partition coefficient (Wildman–Crippen LogP) is 10.8. The molecule has 2 unspecified atom stereocenters. The van der Waals surface area contributed by atoms with Crippen molar-refractivity contribution >= 4 is 19.7 Å². The minimum absolute atomic E-state index is 0.0812. The Kier molecular flexibility index (Phi) is 36.1. The lowest BCUT2D eigenvalue weighted by Crippen LogP contribution is -2.27. The van der Waals surface area contributed by atoms with E-state index in [1.165, 1.54) is 116 Å². The molecule has 0 radical (unpaired) electrons. The standard InChI is InChI=1S/C40H76NO8P/c1-3-5-7-9-11-13-15-16-17-18-19-20-21-22-23-24-26-28-30-32-39(43)41-34-35-48-50(45,46)49-37-38(42)36-47-40(44)33-31-29-27-25-14-12-10-8-6-4-2/h11,13,16-17,38,42H,3-10,12,14-15,18-37H2,1-2H3,(H,41,43)(H,45,46)/b13-11-,17-16-. The largest absolute Gasteiger partial charge is 0.472 e. The normalized spacial score (nSPS) is 13.6. The number of rotatable bonds is 38. The number of carbonyl (C=O) groups excluding carboxylic acids is 2. The lowest BCUT2D eigenvalue weighted by Gasteiger charge is -2.15. The van der Waals surface area contributed by atoms with Crippen molar-refractivity contribution in [2.24, 2.45) is 0 Å². The maximum Gasteiger partial charge on any atom is 0.472 e. The fourth-order valence-electron chi connectivity index (χ4n) is 5.53. The molecule has 0 heterocycles. The third kappa shape index (κ3) is 37.7. The molecule has 0 aromatic rings. The summed E-state index contributed by atoms with van der Waals surface area (Å²) < 4.78 is 26.8. The predicted molar refractivity (Wildman–Crippen MR) is 206 cm³/mol. The van der Waals surface area contributed by atoms with E-state index in [-0.39, 0.29) is 32.1 Å². The van der Waals surface area contributed by atoms with E-state index >= 15 is 0 Å². The molecule has 0 aromatic carbocycles. The van der Waals surface area contributed by atoms with E-state index in [2.05, 4.69) is 43.5 Å². The average Bonchev–Trinajstić information content (AvgIpc) is 3.10. The van der Waals surface area contributed by atoms with E-state index in [0.717, 1.165) is 44.9 Å². The zero-order valence-corrected chi connectivity index (χ0v) is 33.0. The molecule has 0 aliphatic carbocycles. The van der Waals surface area contributed by atoms with Crippen LogP contribution in [0.2, 0.25) is 0 Å². The number of phosphoric acid groups is 1. The van der Waals surface area contributed by atoms with Crippen molar-refractivity contribution in [3.05, 3.63) is 24.3 Å². The number of hydrogen-bond donors (Lipinski definition) is 3. The molecule has 0 saturated heterocycles. The molecule has 0 aromatic heterocycles. The number of aliphatic hydroxyl groups excluding tert-OH is 1. The quantitative estimate of drug-likeness (QED) is 0.0248. The van der Waals surface area contributed by atoms with Gasteiger partial charge in [0, 0.05) is 19.4 Å². The summed E-state index contributed by atoms with van der Waals surface area (Å²) in [4.78, 5) is 33.8. The number of hydrogen-bond acceptors (Lipinski definition) is 7. The zero-order chi connectivity index (χ0) is 36.8. The summed E-state index contributed by atoms with van der Waals surface area (Å²) >= 11 is 0. The number of allylic oxidation sites excluding steroid dienone is 4. The van der Waals surface area contributed by atoms with Crippen molar-refractivity contribution < 1.29 is 37.9 Å². The average molecular weight is 730 g/mol. The van der Waals surface area contributed by atoms with E-state index in [9.17, 15) is 24.2 Å². The molecule has 0 aliphatic heterocycles. The summed E-state index contributed by atoms with van der Waals surface area (Å²) in [5.74, 6) is -0.519. The third-order valence-corrected chi connectivity index (χ3v) is 9.62. The van der Waals surface area contributed by atoms with Crippen LogP contribution in [-0.2, 0) is 27.9 Å². The molecule has 50 heavy (non-hydrogen) atoms. The van der Waals surface area contributed by atoms with Crippen molar-refractivity contribution in [3.8, 4) is 0 Å². The molecule has 0 aliphatic rings. The number of phosphoric ester groups is 1. The van der Waals surface area contributed by atoms with Gasteiger partial charge in [-0.1, -0.05) is 154 Å². The highest BCUT2D eigenvalue weighted by Gasteiger charge is 2.23. The van der Waals surface area contributed by atoms with Crippen LogP contribution in [0, 0.1) is 0 Å². The summed E-state index contributed by atoms with van der Waals surface area (Å²) in [7, 11) is -4.41. The maximum absolute atomic E-state index is 12.1. The molecule has 3 N–H and O–H groups in total. The molecule has 0 bridgehead atoms. The molecule has 0 rings (SSSR count). The van der Waals surface area contributed by atoms with Gasteiger partial charge in [-0.25, -0.2) is 4.57 Å². The van der Waals surface area contributed by atoms with Crippen molar-refractivity contribution in [2.45, 2.75) is 193 Å². The minimum Gasteiger partial charge on any atom is -0.463 e. The number of carbonyl (C=O) groups is 2. The first-order valence-corrected chi connectivity index (χ1v) is 21.8. The summed E-state index contributed by atoms with van der Waals surface area (Å²) in [6.07, 6.45) is 38.2. The highest BCUT2D eigenvalue weighted by Crippen LogP contribution is 2.42. The Morgan fingerprint density at radius 1 is 0.620 bits per heavy atom. The van der Waals surface area contributed by atoms with Crippen molar-refractivity contribution in [1.82, 2.24) is 5.32 Å². The van der Waals surface area contributed by atoms with Crippen LogP contribution in [0.15, 0.2) is 24.3 Å². The second-order valence-electron chi connectivity index (χ2n) is 13.6. The molecule has 9 nitrogen and oxygen atoms in total. The Morgan fingerprint density at radius 3 is 1.64 bits per heavy atom. The molecule has 10 heteroatoms. The van der Waals surface area contributed by atoms with Crippen LogP contribution < -0.4 is 5.32 Å². The number of nitrogens with one attached hydrogen (secondary N) is 1. The van der Waals surface area contributed by atoms with Gasteiger partial charge in [-0.3, -0.25) is 18.6 Å². The van der Waals surface area contributed by atoms with Gasteiger partial charge in [-0.2, -0.15) is 0 Å². The molecule has 1 amide bonds. The molecule has 2 atom stereocenters. The maximum atomic E-state index is 12.1. The monoisotopic (exact) mass is 730 g/mol. The van der Waals surface area contributed by atoms with E-state index in [1.807, 2.05) is 0 Å². The number of unbranched alkanes of at least 4 members (excludes halogenated alkanes) is 21. The topological polar surface area (TPSA) is 131 Å². The van der Waals surface area contributed by atoms with Crippen LogP contribution in [-0.4, -0.2) is 54.3 Å². The third-order valence-electron chi connectivity index (χ3n) is 8.63. The Balaban J connectivity index is 3.59. The van der Waals surface area contributed by atoms with Crippen LogP contribution in [0.5, 0.6) is 0 Å². The van der Waals surface area contributed by atoms with Gasteiger partial charge in [0.15, 0.2) is 0 Å². The minimum atomic E-state index is -4.41. The second-order valence-corrected chi connectivity index (χ2v) is 15.1. The fraction of sp³-hybridized carbons (Fsp3) is 0.850. The Morgan fingerprint density at radius 2 is 1.08 bits per heavy atom. The SMILES string of the molecule is CCCCC/C=C\C/C=C\CCCCCCCCCCCC(=O)NCCOP(=O)(O)OCC(O)COC(=O)CCCCCCCCCCCC. The highest BCUT2D eigenvalue weighted by molar-refractivity contribution is 7.47. The van der Waals surface area contributed by atoms with Gasteiger partial charge in [-0.15, -0.1) is 0 Å². The molecule has 0 saturated carbocycles. The van der Waals surface area contributed by atoms with Crippen molar-refractivity contribution in [3.63, 3.8) is 0 Å². The van der Waals surface area contributed by atoms with E-state index in [1.54, 1.807) is 0 Å². The van der Waals surface area contributed by atoms with Gasteiger partial charge < -0.3 is 20.1 Å². The van der Waals surface area contributed by atoms with Gasteiger partial charge >= 0.3 is 13.8 Å². The first-order valence-electron chi connectivity index (χ1n) is 20.3. The summed E-state index contributed by atoms with van der Waals surface area (Å²) in [5.41, 5.74) is 0. The van der Waals surface area contributed by atoms with Gasteiger partial charge in [-0.05, 0) is 44.9 Å². The number of ether oxygens (including phenoxy) is 1. The molecule has 0 spiro atoms. The van der Waals surface area contributed by atoms with Crippen LogP contribution in [0.25, 0.3) is 0 Å². The Labute approximate surface area is 306 Å². The van der Waals surface area contributed by atoms with Gasteiger partial charge in [0.1, 0.15) is 12.7 Å². The smallest absolute Gasteiger partial charge is 0.463 e. The van der Waals surface area contributed by atoms with Crippen molar-refractivity contribution in [1.29, 1.82) is 0 Å². The summed E-state index contributed by atoms with van der Waals surface area (Å²) in [5, 5.41) is 12.6. The number of esters is 1. The zero-order valence-electron chi connectivity index (χ0n) is 32.1. The lowest BCUT2D eigenvalue weighted by molar-refractivity contribution is -0.147. The first kappa shape index (κ1) is 48.5. The molecule has 294 valence electrons. The van der Waals surface area contributed by atoms with Gasteiger partial charge in [0.2, 0.25) is 5.91 Å². The Hall–Kier alpha value is -1.51. The number of aliphatic hydroxyl groups is 1. The lowest BCUT2D eigenvalue weighted by atomic mass is 10.1. The highest BCUT2D eigenvalue weighted by atomic mass is 31.2. The van der Waals surface area contributed by atoms with Crippen molar-refractivity contribution in [2.75, 3.05) is 26.4 Å². The first-order chi connectivity index (χ1) is 24.3. The summed E-state index contributed by atoms with van der Waals surface area (Å²) in [6.45, 7) is 3.51. The van der Waals surface area contributed by atoms with E-state index in [0.29, 0.717) is 6.42 Å². The molecular weight excluding hydrogens is 653 g/mol. The van der Waals surface area contributed by atoms with Gasteiger partial charge in [0.25, 0.3) is 0 Å². The number of amides is 1. The summed E-state index contributed by atoms with van der Waals surface area (Å²) in [6, 6.07) is 0. The Bertz CT molecular complexity index is 881. The second kappa shape index (κ2) is 37.3. The van der Waals surface area contributed by atoms with Gasteiger partial charge in [0.05, 0.1) is 13.2 Å². The van der Waals surface area contributed by atoms with E-state index in [4.69, 9.17) is 13.8 Å². The van der Waals surface area contributed by atoms with Crippen LogP contribution >= 0.6 is 7.82 Å². The van der Waals surface area contributed by atoms with Crippen LogP contribution in [0.3, 0.4) is 0 Å². The van der Waals surface area contributed by atoms with Crippen LogP contribution in [0.1, 0.15) is 187 Å². The van der Waals surface area contributed by atoms with E-state index < -0.39 is 26.5 Å². The molecule has 0 fully saturated rings. The van der Waals surface area contributed by atoms with Crippen LogP contribution in [0.4, 0.5) is 0 Å². The molecular formula is C40H76NO8P.